The summed E-state index contributed by atoms with van der Waals surface area (Å²) in [4.78, 5) is 9.68. The van der Waals surface area contributed by atoms with Crippen LogP contribution in [0.4, 0.5) is 0 Å². The fourth-order valence-electron chi connectivity index (χ4n) is 0.478. The number of rotatable bonds is 4. The average molecular weight is 193 g/mol. The summed E-state index contributed by atoms with van der Waals surface area (Å²) in [5.74, 6) is 0. The molecule has 0 spiro atoms. The molecule has 0 aliphatic rings. The molecule has 0 fully saturated rings. The standard InChI is InChI=1S/C6H12O.Nb/c1-2-3-4-5-6-7;/h6H,2-5H2,1H3;. The van der Waals surface area contributed by atoms with Gasteiger partial charge in [0.05, 0.1) is 0 Å². The van der Waals surface area contributed by atoms with E-state index in [0.717, 1.165) is 19.1 Å². The van der Waals surface area contributed by atoms with Gasteiger partial charge in [0, 0.05) is 28.8 Å². The molecule has 0 bridgehead atoms. The van der Waals surface area contributed by atoms with E-state index < -0.39 is 0 Å². The second kappa shape index (κ2) is 10.4. The van der Waals surface area contributed by atoms with Crippen LogP contribution in [0.5, 0.6) is 0 Å². The van der Waals surface area contributed by atoms with Crippen molar-refractivity contribution in [1.82, 2.24) is 0 Å². The second-order valence-electron chi connectivity index (χ2n) is 1.66. The van der Waals surface area contributed by atoms with Crippen LogP contribution in [0.3, 0.4) is 0 Å². The van der Waals surface area contributed by atoms with Crippen molar-refractivity contribution >= 4 is 6.29 Å². The van der Waals surface area contributed by atoms with E-state index in [-0.39, 0.29) is 22.4 Å². The van der Waals surface area contributed by atoms with E-state index >= 15 is 0 Å². The molecule has 0 N–H and O–H groups in total. The van der Waals surface area contributed by atoms with Crippen molar-refractivity contribution in [3.63, 3.8) is 0 Å². The fraction of sp³-hybridized carbons (Fsp3) is 0.833. The Labute approximate surface area is 66.4 Å². The molecule has 0 saturated heterocycles. The summed E-state index contributed by atoms with van der Waals surface area (Å²) in [6, 6.07) is 0. The molecule has 0 aliphatic heterocycles. The van der Waals surface area contributed by atoms with E-state index in [1.54, 1.807) is 0 Å². The van der Waals surface area contributed by atoms with Crippen LogP contribution in [0, 0.1) is 0 Å². The Balaban J connectivity index is 0. The maximum absolute atomic E-state index is 9.68. The van der Waals surface area contributed by atoms with Crippen LogP contribution < -0.4 is 0 Å². The van der Waals surface area contributed by atoms with Gasteiger partial charge in [-0.15, -0.1) is 0 Å². The fourth-order valence-corrected chi connectivity index (χ4v) is 0.478. The van der Waals surface area contributed by atoms with E-state index in [1.807, 2.05) is 0 Å². The summed E-state index contributed by atoms with van der Waals surface area (Å²) >= 11 is 0. The predicted octanol–water partition coefficient (Wildman–Crippen LogP) is 1.76. The summed E-state index contributed by atoms with van der Waals surface area (Å²) in [5.41, 5.74) is 0. The molecule has 0 aromatic heterocycles. The number of carbonyl (C=O) groups excluding carboxylic acids is 1. The van der Waals surface area contributed by atoms with Gasteiger partial charge in [-0.1, -0.05) is 19.8 Å². The molecule has 0 atom stereocenters. The van der Waals surface area contributed by atoms with E-state index in [0.29, 0.717) is 0 Å². The maximum atomic E-state index is 9.68. The maximum Gasteiger partial charge on any atom is 0.119 e. The third-order valence-electron chi connectivity index (χ3n) is 0.926. The molecule has 0 aromatic rings. The molecule has 8 heavy (non-hydrogen) atoms. The minimum atomic E-state index is 0. The third-order valence-corrected chi connectivity index (χ3v) is 0.926. The average Bonchev–Trinajstić information content (AvgIpc) is 1.69. The number of hydrogen-bond donors (Lipinski definition) is 0. The summed E-state index contributed by atoms with van der Waals surface area (Å²) < 4.78 is 0. The first-order valence-corrected chi connectivity index (χ1v) is 2.85. The number of unbranched alkanes of at least 4 members (excludes halogenated alkanes) is 3. The molecule has 0 unspecified atom stereocenters. The molecule has 0 amide bonds. The first kappa shape index (κ1) is 11.2. The Morgan fingerprint density at radius 3 is 2.38 bits per heavy atom. The van der Waals surface area contributed by atoms with Crippen LogP contribution in [-0.2, 0) is 27.2 Å². The Morgan fingerprint density at radius 2 is 2.00 bits per heavy atom. The van der Waals surface area contributed by atoms with Crippen molar-refractivity contribution in [3.05, 3.63) is 0 Å². The Hall–Kier alpha value is 0.410. The molecular formula is C6H12NbO. The zero-order chi connectivity index (χ0) is 5.54. The molecule has 1 radical (unpaired) electrons. The minimum absolute atomic E-state index is 0. The molecule has 0 saturated carbocycles. The van der Waals surface area contributed by atoms with E-state index in [4.69, 9.17) is 0 Å². The molecular weight excluding hydrogens is 181 g/mol. The van der Waals surface area contributed by atoms with Crippen LogP contribution in [0.25, 0.3) is 0 Å². The monoisotopic (exact) mass is 193 g/mol. The molecule has 2 heteroatoms. The predicted molar refractivity (Wildman–Crippen MR) is 30.2 cm³/mol. The van der Waals surface area contributed by atoms with Crippen molar-refractivity contribution in [3.8, 4) is 0 Å². The van der Waals surface area contributed by atoms with Crippen molar-refractivity contribution in [2.45, 2.75) is 32.6 Å². The first-order valence-electron chi connectivity index (χ1n) is 2.85. The zero-order valence-electron chi connectivity index (χ0n) is 5.26. The summed E-state index contributed by atoms with van der Waals surface area (Å²) in [6.07, 6.45) is 5.19. The summed E-state index contributed by atoms with van der Waals surface area (Å²) in [5, 5.41) is 0. The Kier molecular flexibility index (Phi) is 14.6. The van der Waals surface area contributed by atoms with Crippen molar-refractivity contribution < 1.29 is 27.2 Å². The van der Waals surface area contributed by atoms with Gasteiger partial charge in [-0.2, -0.15) is 0 Å². The number of aldehydes is 1. The Bertz CT molecular complexity index is 45.8. The van der Waals surface area contributed by atoms with Gasteiger partial charge >= 0.3 is 0 Å². The molecule has 0 aliphatic carbocycles. The van der Waals surface area contributed by atoms with Crippen LogP contribution in [0.2, 0.25) is 0 Å². The van der Waals surface area contributed by atoms with Crippen LogP contribution in [-0.4, -0.2) is 6.29 Å². The first-order chi connectivity index (χ1) is 3.41. The van der Waals surface area contributed by atoms with Gasteiger partial charge in [0.15, 0.2) is 0 Å². The molecule has 0 aromatic carbocycles. The second-order valence-corrected chi connectivity index (χ2v) is 1.66. The van der Waals surface area contributed by atoms with Gasteiger partial charge in [0.1, 0.15) is 6.29 Å². The van der Waals surface area contributed by atoms with E-state index in [2.05, 4.69) is 6.92 Å². The van der Waals surface area contributed by atoms with Gasteiger partial charge in [0.2, 0.25) is 0 Å². The van der Waals surface area contributed by atoms with Gasteiger partial charge < -0.3 is 4.79 Å². The van der Waals surface area contributed by atoms with Crippen LogP contribution in [0.1, 0.15) is 32.6 Å². The number of hydrogen-bond acceptors (Lipinski definition) is 1. The molecule has 47 valence electrons. The topological polar surface area (TPSA) is 17.1 Å². The zero-order valence-corrected chi connectivity index (χ0v) is 7.46. The number of carbonyl (C=O) groups is 1. The summed E-state index contributed by atoms with van der Waals surface area (Å²) in [7, 11) is 0. The molecule has 0 heterocycles. The summed E-state index contributed by atoms with van der Waals surface area (Å²) in [6.45, 7) is 2.13. The SMILES string of the molecule is CCCCCC=O.[Nb]. The van der Waals surface area contributed by atoms with Gasteiger partial charge in [-0.3, -0.25) is 0 Å². The molecule has 0 rings (SSSR count). The quantitative estimate of drug-likeness (QED) is 0.377. The van der Waals surface area contributed by atoms with Crippen LogP contribution in [0.15, 0.2) is 0 Å². The van der Waals surface area contributed by atoms with Crippen LogP contribution >= 0.6 is 0 Å². The van der Waals surface area contributed by atoms with E-state index in [9.17, 15) is 4.79 Å². The van der Waals surface area contributed by atoms with Gasteiger partial charge in [-0.05, 0) is 6.42 Å². The molecule has 1 nitrogen and oxygen atoms in total. The smallest absolute Gasteiger partial charge is 0.119 e. The van der Waals surface area contributed by atoms with Gasteiger partial charge in [-0.25, -0.2) is 0 Å². The van der Waals surface area contributed by atoms with Gasteiger partial charge in [0.25, 0.3) is 0 Å². The third kappa shape index (κ3) is 9.65. The normalized spacial score (nSPS) is 7.62. The van der Waals surface area contributed by atoms with Crippen molar-refractivity contribution in [1.29, 1.82) is 0 Å². The minimum Gasteiger partial charge on any atom is -0.303 e. The Morgan fingerprint density at radius 1 is 1.38 bits per heavy atom. The van der Waals surface area contributed by atoms with Crippen molar-refractivity contribution in [2.24, 2.45) is 0 Å². The van der Waals surface area contributed by atoms with E-state index in [1.165, 1.54) is 12.8 Å². The largest absolute Gasteiger partial charge is 0.303 e. The van der Waals surface area contributed by atoms with Crippen molar-refractivity contribution in [2.75, 3.05) is 0 Å².